The van der Waals surface area contributed by atoms with Crippen molar-refractivity contribution in [2.24, 2.45) is 0 Å². The largest absolute Gasteiger partial charge is 0.321 e. The second kappa shape index (κ2) is 9.60. The van der Waals surface area contributed by atoms with Crippen molar-refractivity contribution in [1.29, 1.82) is 0 Å². The molecule has 36 heavy (non-hydrogen) atoms. The van der Waals surface area contributed by atoms with Gasteiger partial charge in [0.15, 0.2) is 5.78 Å². The summed E-state index contributed by atoms with van der Waals surface area (Å²) in [4.78, 5) is 26.2. The molecule has 0 radical (unpaired) electrons. The number of carbonyl (C=O) groups excluding carboxylic acids is 2. The number of carbonyl (C=O) groups is 2. The van der Waals surface area contributed by atoms with Crippen LogP contribution in [0.4, 0.5) is 11.4 Å². The molecule has 0 aromatic heterocycles. The van der Waals surface area contributed by atoms with Gasteiger partial charge in [0.25, 0.3) is 15.9 Å². The molecule has 6 nitrogen and oxygen atoms in total. The highest BCUT2D eigenvalue weighted by molar-refractivity contribution is 7.92. The SMILES string of the molecule is O=C(Nc1ccc(Cl)cc1C(=O)c1ccccc1)c1cccc(S(=O)(=O)N2CCc3ccccc32)c1. The fourth-order valence-corrected chi connectivity index (χ4v) is 5.96. The van der Waals surface area contributed by atoms with E-state index in [4.69, 9.17) is 11.6 Å². The molecule has 0 atom stereocenters. The molecular formula is C28H21ClN2O4S. The van der Waals surface area contributed by atoms with Crippen molar-refractivity contribution in [1.82, 2.24) is 0 Å². The van der Waals surface area contributed by atoms with Crippen LogP contribution in [0.5, 0.6) is 0 Å². The zero-order valence-corrected chi connectivity index (χ0v) is 20.6. The van der Waals surface area contributed by atoms with Crippen LogP contribution < -0.4 is 9.62 Å². The van der Waals surface area contributed by atoms with Gasteiger partial charge in [-0.1, -0.05) is 66.2 Å². The van der Waals surface area contributed by atoms with E-state index in [1.54, 1.807) is 54.6 Å². The number of sulfonamides is 1. The standard InChI is InChI=1S/C28H21ClN2O4S/c29-22-13-14-25(24(18-22)27(32)20-8-2-1-3-9-20)30-28(33)21-10-6-11-23(17-21)36(34,35)31-16-15-19-7-4-5-12-26(19)31/h1-14,17-18H,15-16H2,(H,30,33). The van der Waals surface area contributed by atoms with Gasteiger partial charge in [0.1, 0.15) is 0 Å². The lowest BCUT2D eigenvalue weighted by Gasteiger charge is -2.20. The van der Waals surface area contributed by atoms with Crippen molar-refractivity contribution in [2.45, 2.75) is 11.3 Å². The third kappa shape index (κ3) is 4.51. The van der Waals surface area contributed by atoms with Gasteiger partial charge in [-0.2, -0.15) is 0 Å². The minimum absolute atomic E-state index is 0.0172. The van der Waals surface area contributed by atoms with Crippen LogP contribution in [-0.2, 0) is 16.4 Å². The monoisotopic (exact) mass is 516 g/mol. The lowest BCUT2D eigenvalue weighted by Crippen LogP contribution is -2.29. The van der Waals surface area contributed by atoms with Crippen LogP contribution in [0, 0.1) is 0 Å². The fraction of sp³-hybridized carbons (Fsp3) is 0.0714. The smallest absolute Gasteiger partial charge is 0.264 e. The molecule has 0 unspecified atom stereocenters. The number of hydrogen-bond donors (Lipinski definition) is 1. The minimum atomic E-state index is -3.86. The maximum Gasteiger partial charge on any atom is 0.264 e. The second-order valence-electron chi connectivity index (χ2n) is 8.32. The van der Waals surface area contributed by atoms with Gasteiger partial charge in [0, 0.05) is 28.3 Å². The van der Waals surface area contributed by atoms with Gasteiger partial charge in [-0.3, -0.25) is 13.9 Å². The average molecular weight is 517 g/mol. The summed E-state index contributed by atoms with van der Waals surface area (Å²) in [7, 11) is -3.86. The summed E-state index contributed by atoms with van der Waals surface area (Å²) in [6, 6.07) is 26.5. The summed E-state index contributed by atoms with van der Waals surface area (Å²) >= 11 is 6.13. The predicted molar refractivity (Wildman–Crippen MR) is 140 cm³/mol. The van der Waals surface area contributed by atoms with Crippen molar-refractivity contribution in [3.05, 3.63) is 124 Å². The van der Waals surface area contributed by atoms with Crippen molar-refractivity contribution in [3.8, 4) is 0 Å². The van der Waals surface area contributed by atoms with Crippen molar-refractivity contribution >= 4 is 44.7 Å². The van der Waals surface area contributed by atoms with Gasteiger partial charge in [-0.15, -0.1) is 0 Å². The molecule has 1 amide bonds. The Kier molecular flexibility index (Phi) is 6.35. The number of amides is 1. The maximum absolute atomic E-state index is 13.4. The summed E-state index contributed by atoms with van der Waals surface area (Å²) in [5.74, 6) is -0.837. The lowest BCUT2D eigenvalue weighted by atomic mass is 10.0. The highest BCUT2D eigenvalue weighted by atomic mass is 35.5. The van der Waals surface area contributed by atoms with Crippen molar-refractivity contribution < 1.29 is 18.0 Å². The first-order valence-corrected chi connectivity index (χ1v) is 13.1. The maximum atomic E-state index is 13.4. The zero-order chi connectivity index (χ0) is 25.3. The lowest BCUT2D eigenvalue weighted by molar-refractivity contribution is 0.102. The van der Waals surface area contributed by atoms with Gasteiger partial charge in [0.2, 0.25) is 0 Å². The Labute approximate surface area is 214 Å². The average Bonchev–Trinajstić information content (AvgIpc) is 3.35. The van der Waals surface area contributed by atoms with Crippen molar-refractivity contribution in [2.75, 3.05) is 16.2 Å². The molecule has 5 rings (SSSR count). The van der Waals surface area contributed by atoms with Crippen LogP contribution in [0.1, 0.15) is 31.8 Å². The number of hydrogen-bond acceptors (Lipinski definition) is 4. The van der Waals surface area contributed by atoms with Crippen LogP contribution in [0.15, 0.2) is 102 Å². The molecule has 1 N–H and O–H groups in total. The number of para-hydroxylation sites is 1. The Balaban J connectivity index is 1.43. The van der Waals surface area contributed by atoms with Crippen LogP contribution in [0.3, 0.4) is 0 Å². The van der Waals surface area contributed by atoms with E-state index in [2.05, 4.69) is 5.32 Å². The first kappa shape index (κ1) is 23.8. The highest BCUT2D eigenvalue weighted by Gasteiger charge is 2.31. The number of benzene rings is 4. The normalized spacial score (nSPS) is 12.8. The first-order chi connectivity index (χ1) is 17.3. The molecule has 1 aliphatic rings. The van der Waals surface area contributed by atoms with E-state index >= 15 is 0 Å². The van der Waals surface area contributed by atoms with Crippen LogP contribution in [0.25, 0.3) is 0 Å². The molecule has 8 heteroatoms. The Morgan fingerprint density at radius 2 is 1.53 bits per heavy atom. The fourth-order valence-electron chi connectivity index (χ4n) is 4.24. The van der Waals surface area contributed by atoms with E-state index in [9.17, 15) is 18.0 Å². The quantitative estimate of drug-likeness (QED) is 0.339. The first-order valence-electron chi connectivity index (χ1n) is 11.3. The molecule has 1 aliphatic heterocycles. The summed E-state index contributed by atoms with van der Waals surface area (Å²) in [6.07, 6.45) is 0.629. The molecule has 0 saturated carbocycles. The second-order valence-corrected chi connectivity index (χ2v) is 10.6. The van der Waals surface area contributed by atoms with Gasteiger partial charge in [-0.25, -0.2) is 8.42 Å². The molecular weight excluding hydrogens is 496 g/mol. The molecule has 0 saturated heterocycles. The van der Waals surface area contributed by atoms with Gasteiger partial charge >= 0.3 is 0 Å². The van der Waals surface area contributed by atoms with Gasteiger partial charge < -0.3 is 5.32 Å². The molecule has 180 valence electrons. The number of halogens is 1. The predicted octanol–water partition coefficient (Wildman–Crippen LogP) is 5.57. The summed E-state index contributed by atoms with van der Waals surface area (Å²) in [5.41, 5.74) is 2.73. The Morgan fingerprint density at radius 3 is 2.33 bits per heavy atom. The van der Waals surface area contributed by atoms with Gasteiger partial charge in [0.05, 0.1) is 16.3 Å². The van der Waals surface area contributed by atoms with E-state index in [0.717, 1.165) is 5.56 Å². The molecule has 1 heterocycles. The van der Waals surface area contributed by atoms with Crippen LogP contribution >= 0.6 is 11.6 Å². The van der Waals surface area contributed by atoms with E-state index in [-0.39, 0.29) is 27.5 Å². The van der Waals surface area contributed by atoms with E-state index in [1.165, 1.54) is 34.6 Å². The van der Waals surface area contributed by atoms with Crippen LogP contribution in [0.2, 0.25) is 5.02 Å². The van der Waals surface area contributed by atoms with Gasteiger partial charge in [-0.05, 0) is 54.4 Å². The number of nitrogens with zero attached hydrogens (tertiary/aromatic N) is 1. The topological polar surface area (TPSA) is 83.5 Å². The van der Waals surface area contributed by atoms with Crippen LogP contribution in [-0.4, -0.2) is 26.7 Å². The number of nitrogens with one attached hydrogen (secondary N) is 1. The Hall–Kier alpha value is -3.94. The third-order valence-electron chi connectivity index (χ3n) is 6.04. The zero-order valence-electron chi connectivity index (χ0n) is 19.0. The Bertz CT molecular complexity index is 1590. The van der Waals surface area contributed by atoms with E-state index in [0.29, 0.717) is 29.2 Å². The third-order valence-corrected chi connectivity index (χ3v) is 8.08. The Morgan fingerprint density at radius 1 is 0.806 bits per heavy atom. The molecule has 0 aliphatic carbocycles. The summed E-state index contributed by atoms with van der Waals surface area (Å²) in [6.45, 7) is 0.341. The van der Waals surface area contributed by atoms with Crippen molar-refractivity contribution in [3.63, 3.8) is 0 Å². The van der Waals surface area contributed by atoms with E-state index < -0.39 is 15.9 Å². The number of rotatable bonds is 6. The number of ketones is 1. The molecule has 0 spiro atoms. The molecule has 4 aromatic carbocycles. The molecule has 0 bridgehead atoms. The number of anilines is 2. The number of fused-ring (bicyclic) bond motifs is 1. The highest BCUT2D eigenvalue weighted by Crippen LogP contribution is 2.33. The minimum Gasteiger partial charge on any atom is -0.321 e. The summed E-state index contributed by atoms with van der Waals surface area (Å²) in [5, 5.41) is 3.09. The molecule has 4 aromatic rings. The van der Waals surface area contributed by atoms with E-state index in [1.807, 2.05) is 12.1 Å². The molecule has 0 fully saturated rings. The summed E-state index contributed by atoms with van der Waals surface area (Å²) < 4.78 is 28.2.